The van der Waals surface area contributed by atoms with Gasteiger partial charge in [-0.1, -0.05) is 24.3 Å². The monoisotopic (exact) mass is 466 g/mol. The van der Waals surface area contributed by atoms with E-state index in [4.69, 9.17) is 0 Å². The Balaban J connectivity index is 1.94. The fourth-order valence-electron chi connectivity index (χ4n) is 3.20. The van der Waals surface area contributed by atoms with Gasteiger partial charge in [0.2, 0.25) is 0 Å². The zero-order chi connectivity index (χ0) is 25.0. The predicted molar refractivity (Wildman–Crippen MR) is 129 cm³/mol. The number of halogens is 3. The fourth-order valence-corrected chi connectivity index (χ4v) is 3.20. The Morgan fingerprint density at radius 1 is 0.676 bits per heavy atom. The molecule has 34 heavy (non-hydrogen) atoms. The van der Waals surface area contributed by atoms with E-state index in [-0.39, 0.29) is 11.1 Å². The van der Waals surface area contributed by atoms with Crippen LogP contribution in [0.3, 0.4) is 0 Å². The summed E-state index contributed by atoms with van der Waals surface area (Å²) in [7, 11) is 0. The average molecular weight is 467 g/mol. The summed E-state index contributed by atoms with van der Waals surface area (Å²) >= 11 is 0. The predicted octanol–water partition coefficient (Wildman–Crippen LogP) is 6.60. The second-order valence-electron chi connectivity index (χ2n) is 8.18. The van der Waals surface area contributed by atoms with Gasteiger partial charge in [0.1, 0.15) is 5.57 Å². The number of amides is 2. The minimum Gasteiger partial charge on any atom is -0.322 e. The molecule has 0 aromatic heterocycles. The van der Waals surface area contributed by atoms with E-state index in [1.165, 1.54) is 18.2 Å². The Kier molecular flexibility index (Phi) is 7.25. The van der Waals surface area contributed by atoms with Crippen LogP contribution >= 0.6 is 0 Å². The highest BCUT2D eigenvalue weighted by Crippen LogP contribution is 2.29. The largest absolute Gasteiger partial charge is 0.416 e. The van der Waals surface area contributed by atoms with Crippen molar-refractivity contribution in [2.45, 2.75) is 33.9 Å². The molecule has 2 amide bonds. The topological polar surface area (TPSA) is 58.2 Å². The zero-order valence-electron chi connectivity index (χ0n) is 19.3. The molecule has 0 fully saturated rings. The standard InChI is InChI=1S/C27H25F3N2O2/c1-16-5-11-22(13-18(16)3)31-25(33)24(15-20-7-9-21(10-8-20)27(28,29)30)26(34)32-23-12-6-17(2)19(4)14-23/h5-15H,1-4H3,(H,31,33)(H,32,34). The molecule has 0 aliphatic heterocycles. The van der Waals surface area contributed by atoms with Crippen molar-refractivity contribution < 1.29 is 22.8 Å². The van der Waals surface area contributed by atoms with Gasteiger partial charge in [-0.15, -0.1) is 0 Å². The summed E-state index contributed by atoms with van der Waals surface area (Å²) in [5, 5.41) is 5.41. The molecule has 3 aromatic rings. The average Bonchev–Trinajstić information content (AvgIpc) is 2.76. The summed E-state index contributed by atoms with van der Waals surface area (Å²) in [6, 6.07) is 14.9. The minimum absolute atomic E-state index is 0.240. The van der Waals surface area contributed by atoms with Crippen LogP contribution in [0.2, 0.25) is 0 Å². The Morgan fingerprint density at radius 3 is 1.50 bits per heavy atom. The SMILES string of the molecule is Cc1ccc(NC(=O)C(=Cc2ccc(C(F)(F)F)cc2)C(=O)Nc2ccc(C)c(C)c2)cc1C. The molecule has 4 nitrogen and oxygen atoms in total. The summed E-state index contributed by atoms with van der Waals surface area (Å²) in [5.41, 5.74) is 4.26. The molecular weight excluding hydrogens is 441 g/mol. The molecule has 0 aliphatic rings. The lowest BCUT2D eigenvalue weighted by atomic mass is 10.1. The molecule has 0 bridgehead atoms. The van der Waals surface area contributed by atoms with Gasteiger partial charge >= 0.3 is 6.18 Å². The summed E-state index contributed by atoms with van der Waals surface area (Å²) < 4.78 is 38.7. The van der Waals surface area contributed by atoms with E-state index in [0.717, 1.165) is 34.4 Å². The lowest BCUT2D eigenvalue weighted by molar-refractivity contribution is -0.137. The van der Waals surface area contributed by atoms with Crippen molar-refractivity contribution in [3.8, 4) is 0 Å². The van der Waals surface area contributed by atoms with Crippen LogP contribution in [0, 0.1) is 27.7 Å². The smallest absolute Gasteiger partial charge is 0.322 e. The molecular formula is C27H25F3N2O2. The number of benzene rings is 3. The van der Waals surface area contributed by atoms with Crippen LogP contribution in [0.15, 0.2) is 66.2 Å². The third kappa shape index (κ3) is 6.13. The Bertz CT molecular complexity index is 1190. The quantitative estimate of drug-likeness (QED) is 0.253. The van der Waals surface area contributed by atoms with Crippen LogP contribution in [-0.2, 0) is 15.8 Å². The normalized spacial score (nSPS) is 11.0. The molecule has 0 atom stereocenters. The van der Waals surface area contributed by atoms with Crippen molar-refractivity contribution >= 4 is 29.3 Å². The van der Waals surface area contributed by atoms with E-state index in [0.29, 0.717) is 11.4 Å². The molecule has 0 saturated carbocycles. The van der Waals surface area contributed by atoms with E-state index in [2.05, 4.69) is 10.6 Å². The molecule has 0 radical (unpaired) electrons. The van der Waals surface area contributed by atoms with Crippen molar-refractivity contribution in [1.29, 1.82) is 0 Å². The van der Waals surface area contributed by atoms with Gasteiger partial charge < -0.3 is 10.6 Å². The summed E-state index contributed by atoms with van der Waals surface area (Å²) in [6.07, 6.45) is -3.21. The van der Waals surface area contributed by atoms with E-state index in [1.807, 2.05) is 39.8 Å². The van der Waals surface area contributed by atoms with E-state index in [9.17, 15) is 22.8 Å². The van der Waals surface area contributed by atoms with Crippen LogP contribution in [0.5, 0.6) is 0 Å². The first kappa shape index (κ1) is 24.8. The molecule has 0 spiro atoms. The Morgan fingerprint density at radius 2 is 1.12 bits per heavy atom. The van der Waals surface area contributed by atoms with E-state index < -0.39 is 23.6 Å². The third-order valence-electron chi connectivity index (χ3n) is 5.57. The first-order valence-corrected chi connectivity index (χ1v) is 10.6. The Hall–Kier alpha value is -3.87. The van der Waals surface area contributed by atoms with Gasteiger partial charge in [-0.05, 0) is 98.0 Å². The number of anilines is 2. The maximum absolute atomic E-state index is 13.1. The van der Waals surface area contributed by atoms with Crippen molar-refractivity contribution in [3.63, 3.8) is 0 Å². The molecule has 0 unspecified atom stereocenters. The number of rotatable bonds is 5. The van der Waals surface area contributed by atoms with Crippen molar-refractivity contribution in [2.24, 2.45) is 0 Å². The highest BCUT2D eigenvalue weighted by molar-refractivity contribution is 6.28. The maximum Gasteiger partial charge on any atom is 0.416 e. The van der Waals surface area contributed by atoms with E-state index in [1.54, 1.807) is 24.3 Å². The molecule has 176 valence electrons. The van der Waals surface area contributed by atoms with Crippen LogP contribution in [0.25, 0.3) is 6.08 Å². The van der Waals surface area contributed by atoms with Crippen LogP contribution in [-0.4, -0.2) is 11.8 Å². The molecule has 3 rings (SSSR count). The lowest BCUT2D eigenvalue weighted by Gasteiger charge is -2.13. The minimum atomic E-state index is -4.48. The number of hydrogen-bond donors (Lipinski definition) is 2. The van der Waals surface area contributed by atoms with Gasteiger partial charge in [-0.2, -0.15) is 13.2 Å². The van der Waals surface area contributed by atoms with Gasteiger partial charge in [0.15, 0.2) is 0 Å². The number of hydrogen-bond acceptors (Lipinski definition) is 2. The highest BCUT2D eigenvalue weighted by Gasteiger charge is 2.30. The third-order valence-corrected chi connectivity index (χ3v) is 5.57. The molecule has 3 aromatic carbocycles. The highest BCUT2D eigenvalue weighted by atomic mass is 19.4. The van der Waals surface area contributed by atoms with Gasteiger partial charge in [0.25, 0.3) is 11.8 Å². The van der Waals surface area contributed by atoms with Gasteiger partial charge in [-0.3, -0.25) is 9.59 Å². The van der Waals surface area contributed by atoms with Crippen LogP contribution in [0.1, 0.15) is 33.4 Å². The summed E-state index contributed by atoms with van der Waals surface area (Å²) in [5.74, 6) is -1.35. The number of aryl methyl sites for hydroxylation is 4. The number of alkyl halides is 3. The maximum atomic E-state index is 13.1. The second-order valence-corrected chi connectivity index (χ2v) is 8.18. The first-order valence-electron chi connectivity index (χ1n) is 10.6. The zero-order valence-corrected chi connectivity index (χ0v) is 19.3. The molecule has 0 aliphatic carbocycles. The van der Waals surface area contributed by atoms with Crippen molar-refractivity contribution in [1.82, 2.24) is 0 Å². The summed E-state index contributed by atoms with van der Waals surface area (Å²) in [6.45, 7) is 7.68. The summed E-state index contributed by atoms with van der Waals surface area (Å²) in [4.78, 5) is 26.1. The molecule has 2 N–H and O–H groups in total. The number of carbonyl (C=O) groups is 2. The van der Waals surface area contributed by atoms with Gasteiger partial charge in [-0.25, -0.2) is 0 Å². The number of nitrogens with one attached hydrogen (secondary N) is 2. The van der Waals surface area contributed by atoms with E-state index >= 15 is 0 Å². The van der Waals surface area contributed by atoms with Gasteiger partial charge in [0, 0.05) is 11.4 Å². The van der Waals surface area contributed by atoms with Gasteiger partial charge in [0.05, 0.1) is 5.56 Å². The number of carbonyl (C=O) groups excluding carboxylic acids is 2. The van der Waals surface area contributed by atoms with Crippen molar-refractivity contribution in [3.05, 3.63) is 99.6 Å². The fraction of sp³-hybridized carbons (Fsp3) is 0.185. The molecule has 0 heterocycles. The van der Waals surface area contributed by atoms with Crippen molar-refractivity contribution in [2.75, 3.05) is 10.6 Å². The lowest BCUT2D eigenvalue weighted by Crippen LogP contribution is -2.25. The second kappa shape index (κ2) is 9.95. The van der Waals surface area contributed by atoms with Crippen LogP contribution < -0.4 is 10.6 Å². The molecule has 0 saturated heterocycles. The van der Waals surface area contributed by atoms with Crippen LogP contribution in [0.4, 0.5) is 24.5 Å². The Labute approximate surface area is 196 Å². The molecule has 7 heteroatoms. The first-order chi connectivity index (χ1) is 15.9.